The third-order valence-electron chi connectivity index (χ3n) is 1.56. The minimum absolute atomic E-state index is 0. The Balaban J connectivity index is -0.0000000125. The van der Waals surface area contributed by atoms with Gasteiger partial charge in [0.1, 0.15) is 17.9 Å². The molecule has 299 valence electrons. The maximum absolute atomic E-state index is 11.3. The standard InChI is InChI=1S/C4H6F2.C4H9.C3H3F3.C3H8O.C2H5Br.C2F4.C2H6O.C2H4O.3C2H6.CH2O3.B.BrH.2K.Li.Na.2H/c1-3(5)4(2)6;1-3-4-2;1-2(4)3(5)6;1-3-4-2;1-2-3;3-1(4)2(5)6;2*1-2-3;3*1-2;2-1-4-3;;;;;;;;/h1-2H3;1,3-4H2,2H3;1H3;3H2,1-2H3;2H2,1H3;;3H,2H2,1H3;2H,1H3;3*1-2H3;1,3H;;1H;;;;;;/q;-1;;;;;;;;;;;;;4*+1;2*-1/p-1/b4-3+;;;;;;;;;;;;;;;;;;;. The van der Waals surface area contributed by atoms with Gasteiger partial charge >= 0.3 is 169 Å². The van der Waals surface area contributed by atoms with E-state index in [2.05, 4.69) is 39.4 Å². The Labute approximate surface area is 448 Å². The van der Waals surface area contributed by atoms with Crippen LogP contribution in [0.4, 0.5) is 39.5 Å². The maximum Gasteiger partial charge on any atom is 1.00 e. The number of aldehydes is 1. The Morgan fingerprint density at radius 2 is 0.882 bits per heavy atom. The Kier molecular flexibility index (Phi) is 364. The number of alkyl halides is 1. The van der Waals surface area contributed by atoms with Crippen LogP contribution in [-0.2, 0) is 19.2 Å². The first-order valence-electron chi connectivity index (χ1n) is 13.5. The van der Waals surface area contributed by atoms with E-state index in [1.165, 1.54) is 13.3 Å². The van der Waals surface area contributed by atoms with E-state index in [4.69, 9.17) is 20.0 Å². The zero-order chi connectivity index (χ0) is 39.8. The van der Waals surface area contributed by atoms with E-state index in [9.17, 15) is 39.5 Å². The Morgan fingerprint density at radius 3 is 0.882 bits per heavy atom. The van der Waals surface area contributed by atoms with E-state index in [1.54, 1.807) is 14.0 Å². The normalized spacial score (nSPS) is 6.43. The first-order valence-corrected chi connectivity index (χ1v) is 14.6. The van der Waals surface area contributed by atoms with Crippen molar-refractivity contribution in [2.75, 3.05) is 25.7 Å². The number of rotatable bonds is 3. The summed E-state index contributed by atoms with van der Waals surface area (Å²) >= 11 is 3.15. The average Bonchev–Trinajstić information content (AvgIpc) is 3.02. The fraction of sp³-hybridized carbons (Fsp3) is 0.690. The molecule has 0 fully saturated rings. The molecule has 0 atom stereocenters. The molecule has 0 saturated heterocycles. The van der Waals surface area contributed by atoms with Gasteiger partial charge in [0.2, 0.25) is 0 Å². The molecular formula is C29H63BBr2F9K2LiNaO6. The molecule has 1 N–H and O–H groups in total. The SMILES string of the molecule is Br.C/C(F)=C(/C)F.CC.CC.CC.CC(F)=C(F)F.CC=O.CCBr.CCO.CCOC.FC(F)=C(F)F.O=CO[O-].[B].[CH2-]CCC.[H-].[H-].[K+].[K+].[Li+].[Na+]. The van der Waals surface area contributed by atoms with Crippen LogP contribution < -0.4 is 156 Å². The summed E-state index contributed by atoms with van der Waals surface area (Å²) in [6, 6.07) is 0. The molecule has 22 heteroatoms. The van der Waals surface area contributed by atoms with Crippen LogP contribution in [0.25, 0.3) is 0 Å². The quantitative estimate of drug-likeness (QED) is 0.0821. The molecule has 51 heavy (non-hydrogen) atoms. The molecule has 0 saturated carbocycles. The van der Waals surface area contributed by atoms with Gasteiger partial charge in [-0.25, -0.2) is 13.2 Å². The molecule has 0 bridgehead atoms. The Morgan fingerprint density at radius 1 is 0.765 bits per heavy atom. The van der Waals surface area contributed by atoms with Crippen LogP contribution in [0.1, 0.15) is 113 Å². The molecule has 6 nitrogen and oxygen atoms in total. The van der Waals surface area contributed by atoms with Gasteiger partial charge in [0.25, 0.3) is 6.47 Å². The van der Waals surface area contributed by atoms with E-state index >= 15 is 0 Å². The molecule has 0 amide bonds. The summed E-state index contributed by atoms with van der Waals surface area (Å²) in [6.45, 7) is 28.6. The molecule has 0 aromatic carbocycles. The summed E-state index contributed by atoms with van der Waals surface area (Å²) in [6.07, 6.45) is -5.03. The molecule has 3 radical (unpaired) electrons. The summed E-state index contributed by atoms with van der Waals surface area (Å²) in [4.78, 5) is 20.1. The van der Waals surface area contributed by atoms with E-state index < -0.39 is 35.7 Å². The number of unbranched alkanes of at least 4 members (excludes halogenated alkanes) is 1. The van der Waals surface area contributed by atoms with Crippen molar-refractivity contribution in [2.45, 2.75) is 110 Å². The van der Waals surface area contributed by atoms with Gasteiger partial charge < -0.3 is 34.6 Å². The van der Waals surface area contributed by atoms with Crippen molar-refractivity contribution in [1.29, 1.82) is 0 Å². The topological polar surface area (TPSA) is 95.9 Å². The van der Waals surface area contributed by atoms with Gasteiger partial charge in [-0.3, -0.25) is 4.79 Å². The third-order valence-corrected chi connectivity index (χ3v) is 1.56. The minimum Gasteiger partial charge on any atom is -1.00 e. The molecule has 0 aromatic heterocycles. The van der Waals surface area contributed by atoms with Crippen molar-refractivity contribution in [2.24, 2.45) is 0 Å². The van der Waals surface area contributed by atoms with Crippen molar-refractivity contribution in [3.05, 3.63) is 42.6 Å². The number of hydrogen-bond acceptors (Lipinski definition) is 6. The van der Waals surface area contributed by atoms with Gasteiger partial charge in [0, 0.05) is 34.1 Å². The summed E-state index contributed by atoms with van der Waals surface area (Å²) in [5.41, 5.74) is 0. The first-order chi connectivity index (χ1) is 20.9. The number of hydrogen-bond donors (Lipinski definition) is 1. The third kappa shape index (κ3) is 414. The van der Waals surface area contributed by atoms with Gasteiger partial charge in [-0.15, -0.1) is 17.0 Å². The second-order valence-corrected chi connectivity index (χ2v) is 5.95. The number of aliphatic hydroxyl groups is 1. The average molecular weight is 958 g/mol. The van der Waals surface area contributed by atoms with Gasteiger partial charge in [0.15, 0.2) is 5.83 Å². The number of aliphatic hydroxyl groups excluding tert-OH is 1. The number of halogens is 11. The zero-order valence-electron chi connectivity index (χ0n) is 36.7. The predicted molar refractivity (Wildman–Crippen MR) is 189 cm³/mol. The van der Waals surface area contributed by atoms with Gasteiger partial charge in [-0.2, -0.15) is 32.8 Å². The largest absolute Gasteiger partial charge is 1.00 e. The van der Waals surface area contributed by atoms with E-state index in [0.29, 0.717) is 6.92 Å². The van der Waals surface area contributed by atoms with Gasteiger partial charge in [0.05, 0.1) is 0 Å². The Bertz CT molecular complexity index is 477. The van der Waals surface area contributed by atoms with Crippen molar-refractivity contribution < 1.29 is 223 Å². The van der Waals surface area contributed by atoms with Crippen LogP contribution in [0.15, 0.2) is 35.7 Å². The van der Waals surface area contributed by atoms with Crippen LogP contribution in [0.5, 0.6) is 0 Å². The monoisotopic (exact) mass is 955 g/mol. The molecule has 0 aromatic rings. The minimum atomic E-state index is -2.91. The molecule has 0 aliphatic rings. The zero-order valence-corrected chi connectivity index (χ0v) is 46.2. The van der Waals surface area contributed by atoms with E-state index in [-0.39, 0.29) is 193 Å². The summed E-state index contributed by atoms with van der Waals surface area (Å²) in [5, 5.41) is 17.1. The van der Waals surface area contributed by atoms with E-state index in [1.807, 2.05) is 55.4 Å². The number of allylic oxidation sites excluding steroid dienone is 3. The summed E-state index contributed by atoms with van der Waals surface area (Å²) in [7, 11) is 1.68. The van der Waals surface area contributed by atoms with Crippen LogP contribution in [0.2, 0.25) is 0 Å². The smallest absolute Gasteiger partial charge is 1.00 e. The first kappa shape index (κ1) is 117. The number of ether oxygens (including phenoxy) is 1. The van der Waals surface area contributed by atoms with Crippen molar-refractivity contribution >= 4 is 54.1 Å². The molecule has 0 heterocycles. The molecule has 0 aliphatic carbocycles. The molecule has 0 spiro atoms. The van der Waals surface area contributed by atoms with E-state index in [0.717, 1.165) is 38.5 Å². The summed E-state index contributed by atoms with van der Waals surface area (Å²) in [5.74, 6) is -2.89. The van der Waals surface area contributed by atoms with Crippen molar-refractivity contribution in [1.82, 2.24) is 0 Å². The maximum atomic E-state index is 11.3. The fourth-order valence-electron chi connectivity index (χ4n) is 0. The fourth-order valence-corrected chi connectivity index (χ4v) is 0. The van der Waals surface area contributed by atoms with Crippen LogP contribution >= 0.6 is 32.9 Å². The summed E-state index contributed by atoms with van der Waals surface area (Å²) < 4.78 is 101. The van der Waals surface area contributed by atoms with Gasteiger partial charge in [-0.05, 0) is 41.5 Å². The van der Waals surface area contributed by atoms with Crippen LogP contribution in [0.3, 0.4) is 0 Å². The van der Waals surface area contributed by atoms with Crippen molar-refractivity contribution in [3.63, 3.8) is 0 Å². The Hall–Kier alpha value is 3.51. The number of carbonyl (C=O) groups excluding carboxylic acids is 2. The molecule has 0 aliphatic heterocycles. The molecular weight excluding hydrogens is 894 g/mol. The predicted octanol–water partition coefficient (Wildman–Crippen LogP) is 0.0814. The van der Waals surface area contributed by atoms with Crippen LogP contribution in [0, 0.1) is 6.92 Å². The number of carbonyl (C=O) groups is 2. The second-order valence-electron chi connectivity index (χ2n) is 4.82. The van der Waals surface area contributed by atoms with Crippen LogP contribution in [-0.4, -0.2) is 51.9 Å². The van der Waals surface area contributed by atoms with Crippen molar-refractivity contribution in [3.8, 4) is 0 Å². The number of methoxy groups -OCH3 is 1. The molecule has 0 rings (SSSR count). The molecule has 0 unspecified atom stereocenters. The van der Waals surface area contributed by atoms with Gasteiger partial charge in [-0.1, -0.05) is 77.7 Å². The second kappa shape index (κ2) is 159.